The van der Waals surface area contributed by atoms with Gasteiger partial charge in [0.2, 0.25) is 5.13 Å². The van der Waals surface area contributed by atoms with Gasteiger partial charge in [-0.3, -0.25) is 0 Å². The van der Waals surface area contributed by atoms with Crippen molar-refractivity contribution in [1.29, 1.82) is 0 Å². The molecule has 1 heterocycles. The fourth-order valence-electron chi connectivity index (χ4n) is 2.20. The van der Waals surface area contributed by atoms with Crippen molar-refractivity contribution in [2.24, 2.45) is 5.92 Å². The Bertz CT molecular complexity index is 371. The summed E-state index contributed by atoms with van der Waals surface area (Å²) in [6.45, 7) is 0.996. The first-order valence-corrected chi connectivity index (χ1v) is 6.72. The van der Waals surface area contributed by atoms with Crippen LogP contribution in [0.5, 0.6) is 0 Å². The van der Waals surface area contributed by atoms with Crippen molar-refractivity contribution in [3.63, 3.8) is 0 Å². The van der Waals surface area contributed by atoms with E-state index in [1.807, 2.05) is 0 Å². The summed E-state index contributed by atoms with van der Waals surface area (Å²) in [5.74, 6) is 2.32. The van der Waals surface area contributed by atoms with E-state index in [1.165, 1.54) is 24.4 Å². The molecule has 88 valence electrons. The van der Waals surface area contributed by atoms with Crippen molar-refractivity contribution in [2.45, 2.75) is 37.7 Å². The van der Waals surface area contributed by atoms with Crippen molar-refractivity contribution in [1.82, 2.24) is 9.36 Å². The highest BCUT2D eigenvalue weighted by atomic mass is 32.1. The minimum Gasteiger partial charge on any atom is -0.393 e. The Labute approximate surface area is 99.5 Å². The second-order valence-electron chi connectivity index (χ2n) is 5.08. The molecule has 0 saturated heterocycles. The Morgan fingerprint density at radius 3 is 2.81 bits per heavy atom. The highest BCUT2D eigenvalue weighted by Crippen LogP contribution is 2.39. The van der Waals surface area contributed by atoms with Crippen LogP contribution in [0.2, 0.25) is 0 Å². The third-order valence-corrected chi connectivity index (χ3v) is 4.29. The third kappa shape index (κ3) is 2.06. The van der Waals surface area contributed by atoms with E-state index in [0.717, 1.165) is 30.3 Å². The van der Waals surface area contributed by atoms with Crippen LogP contribution < -0.4 is 4.90 Å². The first-order valence-electron chi connectivity index (χ1n) is 5.95. The van der Waals surface area contributed by atoms with Crippen LogP contribution in [-0.4, -0.2) is 34.2 Å². The predicted octanol–water partition coefficient (Wildman–Crippen LogP) is 1.62. The molecule has 0 bridgehead atoms. The molecule has 0 amide bonds. The van der Waals surface area contributed by atoms with Gasteiger partial charge in [0.1, 0.15) is 5.82 Å². The summed E-state index contributed by atoms with van der Waals surface area (Å²) in [7, 11) is 2.07. The first-order chi connectivity index (χ1) is 7.72. The van der Waals surface area contributed by atoms with Gasteiger partial charge >= 0.3 is 0 Å². The summed E-state index contributed by atoms with van der Waals surface area (Å²) >= 11 is 1.51. The zero-order chi connectivity index (χ0) is 11.1. The lowest BCUT2D eigenvalue weighted by molar-refractivity contribution is 0.0465. The molecule has 16 heavy (non-hydrogen) atoms. The van der Waals surface area contributed by atoms with E-state index in [4.69, 9.17) is 0 Å². The molecule has 2 saturated carbocycles. The van der Waals surface area contributed by atoms with Crippen LogP contribution in [-0.2, 0) is 0 Å². The third-order valence-electron chi connectivity index (χ3n) is 3.44. The summed E-state index contributed by atoms with van der Waals surface area (Å²) < 4.78 is 4.40. The van der Waals surface area contributed by atoms with Gasteiger partial charge in [0.25, 0.3) is 0 Å². The van der Waals surface area contributed by atoms with E-state index in [1.54, 1.807) is 0 Å². The average Bonchev–Trinajstić information content (AvgIpc) is 2.94. The number of hydrogen-bond donors (Lipinski definition) is 1. The standard InChI is InChI=1S/C11H17N3OS/c1-14(6-7-4-9(15)5-7)11-12-10(13-16-11)8-2-3-8/h7-9,15H,2-6H2,1H3. The predicted molar refractivity (Wildman–Crippen MR) is 63.9 cm³/mol. The minimum absolute atomic E-state index is 0.0603. The summed E-state index contributed by atoms with van der Waals surface area (Å²) in [6, 6.07) is 0. The largest absolute Gasteiger partial charge is 0.393 e. The van der Waals surface area contributed by atoms with Crippen LogP contribution in [0.15, 0.2) is 0 Å². The maximum atomic E-state index is 9.24. The number of nitrogens with zero attached hydrogens (tertiary/aromatic N) is 3. The Morgan fingerprint density at radius 1 is 1.44 bits per heavy atom. The van der Waals surface area contributed by atoms with Crippen molar-refractivity contribution >= 4 is 16.7 Å². The van der Waals surface area contributed by atoms with Crippen LogP contribution in [0, 0.1) is 5.92 Å². The normalized spacial score (nSPS) is 28.9. The second-order valence-corrected chi connectivity index (χ2v) is 5.81. The highest BCUT2D eigenvalue weighted by molar-refractivity contribution is 7.09. The number of hydrogen-bond acceptors (Lipinski definition) is 5. The molecule has 2 aliphatic rings. The molecule has 0 atom stereocenters. The zero-order valence-electron chi connectivity index (χ0n) is 9.46. The van der Waals surface area contributed by atoms with E-state index >= 15 is 0 Å². The smallest absolute Gasteiger partial charge is 0.204 e. The molecular formula is C11H17N3OS. The van der Waals surface area contributed by atoms with E-state index in [9.17, 15) is 5.11 Å². The Morgan fingerprint density at radius 2 is 2.19 bits per heavy atom. The SMILES string of the molecule is CN(CC1CC(O)C1)c1nc(C2CC2)ns1. The molecule has 3 rings (SSSR count). The molecule has 0 aliphatic heterocycles. The van der Waals surface area contributed by atoms with Crippen LogP contribution in [0.25, 0.3) is 0 Å². The maximum Gasteiger partial charge on any atom is 0.204 e. The van der Waals surface area contributed by atoms with Gasteiger partial charge in [-0.15, -0.1) is 0 Å². The fraction of sp³-hybridized carbons (Fsp3) is 0.818. The molecule has 2 aliphatic carbocycles. The van der Waals surface area contributed by atoms with Gasteiger partial charge in [0.15, 0.2) is 0 Å². The minimum atomic E-state index is -0.0603. The van der Waals surface area contributed by atoms with E-state index in [0.29, 0.717) is 11.8 Å². The van der Waals surface area contributed by atoms with Gasteiger partial charge in [-0.1, -0.05) is 0 Å². The number of aliphatic hydroxyl groups is 1. The average molecular weight is 239 g/mol. The molecule has 1 N–H and O–H groups in total. The number of aromatic nitrogens is 2. The zero-order valence-corrected chi connectivity index (χ0v) is 10.3. The van der Waals surface area contributed by atoms with Gasteiger partial charge in [-0.2, -0.15) is 4.37 Å². The lowest BCUT2D eigenvalue weighted by atomic mass is 9.82. The molecule has 0 spiro atoms. The first kappa shape index (κ1) is 10.5. The van der Waals surface area contributed by atoms with Crippen molar-refractivity contribution in [3.05, 3.63) is 5.82 Å². The molecule has 2 fully saturated rings. The highest BCUT2D eigenvalue weighted by Gasteiger charge is 2.30. The summed E-state index contributed by atoms with van der Waals surface area (Å²) in [5, 5.41) is 10.3. The van der Waals surface area contributed by atoms with Crippen LogP contribution in [0.3, 0.4) is 0 Å². The summed E-state index contributed by atoms with van der Waals surface area (Å²) in [6.07, 6.45) is 4.34. The summed E-state index contributed by atoms with van der Waals surface area (Å²) in [5.41, 5.74) is 0. The molecule has 1 aromatic heterocycles. The molecule has 5 heteroatoms. The monoisotopic (exact) mass is 239 g/mol. The van der Waals surface area contributed by atoms with E-state index in [2.05, 4.69) is 21.3 Å². The van der Waals surface area contributed by atoms with E-state index in [-0.39, 0.29) is 6.10 Å². The van der Waals surface area contributed by atoms with E-state index < -0.39 is 0 Å². The number of aliphatic hydroxyl groups excluding tert-OH is 1. The van der Waals surface area contributed by atoms with Crippen molar-refractivity contribution < 1.29 is 5.11 Å². The lowest BCUT2D eigenvalue weighted by Gasteiger charge is -2.34. The van der Waals surface area contributed by atoms with Gasteiger partial charge < -0.3 is 10.0 Å². The molecule has 4 nitrogen and oxygen atoms in total. The van der Waals surface area contributed by atoms with Gasteiger partial charge in [0, 0.05) is 31.0 Å². The Hall–Kier alpha value is -0.680. The Kier molecular flexibility index (Phi) is 2.59. The van der Waals surface area contributed by atoms with Crippen LogP contribution in [0.1, 0.15) is 37.4 Å². The molecule has 0 radical (unpaired) electrons. The second kappa shape index (κ2) is 3.96. The van der Waals surface area contributed by atoms with Gasteiger partial charge in [-0.05, 0) is 31.6 Å². The Balaban J connectivity index is 1.57. The number of rotatable bonds is 4. The molecule has 1 aromatic rings. The van der Waals surface area contributed by atoms with Crippen LogP contribution in [0.4, 0.5) is 5.13 Å². The maximum absolute atomic E-state index is 9.24. The van der Waals surface area contributed by atoms with Crippen LogP contribution >= 0.6 is 11.5 Å². The fourth-order valence-corrected chi connectivity index (χ4v) is 2.92. The quantitative estimate of drug-likeness (QED) is 0.867. The molecule has 0 unspecified atom stereocenters. The summed E-state index contributed by atoms with van der Waals surface area (Å²) in [4.78, 5) is 6.75. The van der Waals surface area contributed by atoms with Crippen molar-refractivity contribution in [3.8, 4) is 0 Å². The topological polar surface area (TPSA) is 49.2 Å². The molecule has 0 aromatic carbocycles. The van der Waals surface area contributed by atoms with Crippen molar-refractivity contribution in [2.75, 3.05) is 18.5 Å². The number of anilines is 1. The lowest BCUT2D eigenvalue weighted by Crippen LogP contribution is -2.37. The van der Waals surface area contributed by atoms with Gasteiger partial charge in [-0.25, -0.2) is 4.98 Å². The molecular weight excluding hydrogens is 222 g/mol. The van der Waals surface area contributed by atoms with Gasteiger partial charge in [0.05, 0.1) is 6.10 Å².